The Bertz CT molecular complexity index is 594. The third-order valence-corrected chi connectivity index (χ3v) is 5.62. The number of aromatic nitrogens is 2. The molecule has 0 unspecified atom stereocenters. The highest BCUT2D eigenvalue weighted by molar-refractivity contribution is 7.71. The van der Waals surface area contributed by atoms with Gasteiger partial charge in [0.05, 0.1) is 0 Å². The summed E-state index contributed by atoms with van der Waals surface area (Å²) in [5.41, 5.74) is 5.64. The average Bonchev–Trinajstić information content (AvgIpc) is 2.63. The monoisotopic (exact) mass is 395 g/mol. The van der Waals surface area contributed by atoms with E-state index in [4.69, 9.17) is 18.0 Å². The van der Waals surface area contributed by atoms with E-state index in [0.717, 1.165) is 13.0 Å². The summed E-state index contributed by atoms with van der Waals surface area (Å²) in [6.07, 6.45) is 21.8. The third-order valence-electron chi connectivity index (χ3n) is 5.30. The van der Waals surface area contributed by atoms with Crippen molar-refractivity contribution in [2.75, 3.05) is 5.73 Å². The van der Waals surface area contributed by atoms with Crippen LogP contribution >= 0.6 is 12.2 Å². The number of hydrogen-bond acceptors (Lipinski definition) is 3. The fraction of sp³-hybridized carbons (Fsp3) is 0.818. The molecular weight excluding hydrogens is 354 g/mol. The van der Waals surface area contributed by atoms with Gasteiger partial charge in [0.25, 0.3) is 5.56 Å². The zero-order valence-electron chi connectivity index (χ0n) is 17.4. The van der Waals surface area contributed by atoms with Crippen molar-refractivity contribution in [3.05, 3.63) is 21.2 Å². The van der Waals surface area contributed by atoms with E-state index in [0.29, 0.717) is 10.6 Å². The lowest BCUT2D eigenvalue weighted by Crippen LogP contribution is -2.16. The summed E-state index contributed by atoms with van der Waals surface area (Å²) < 4.78 is 2.25. The van der Waals surface area contributed by atoms with Crippen molar-refractivity contribution >= 4 is 18.0 Å². The molecule has 5 heteroatoms. The van der Waals surface area contributed by atoms with Gasteiger partial charge in [-0.3, -0.25) is 9.78 Å². The summed E-state index contributed by atoms with van der Waals surface area (Å²) in [6, 6.07) is 1.41. The molecule has 0 amide bonds. The van der Waals surface area contributed by atoms with Gasteiger partial charge in [-0.05, 0) is 18.6 Å². The highest BCUT2D eigenvalue weighted by Gasteiger charge is 2.00. The van der Waals surface area contributed by atoms with Crippen LogP contribution in [0.2, 0.25) is 0 Å². The average molecular weight is 396 g/mol. The van der Waals surface area contributed by atoms with E-state index >= 15 is 0 Å². The maximum Gasteiger partial charge on any atom is 0.253 e. The van der Waals surface area contributed by atoms with Crippen LogP contribution in [0.1, 0.15) is 110 Å². The van der Waals surface area contributed by atoms with E-state index in [1.54, 1.807) is 0 Å². The van der Waals surface area contributed by atoms with Gasteiger partial charge in [-0.15, -0.1) is 0 Å². The normalized spacial score (nSPS) is 11.1. The molecule has 3 N–H and O–H groups in total. The maximum atomic E-state index is 11.3. The molecule has 0 aliphatic rings. The van der Waals surface area contributed by atoms with Crippen LogP contribution in [-0.4, -0.2) is 9.55 Å². The summed E-state index contributed by atoms with van der Waals surface area (Å²) in [5, 5.41) is 0. The van der Waals surface area contributed by atoms with E-state index in [-0.39, 0.29) is 5.56 Å². The number of H-pyrrole nitrogens is 1. The smallest absolute Gasteiger partial charge is 0.253 e. The first-order valence-corrected chi connectivity index (χ1v) is 11.7. The maximum absolute atomic E-state index is 11.3. The Morgan fingerprint density at radius 1 is 0.815 bits per heavy atom. The van der Waals surface area contributed by atoms with Crippen LogP contribution in [0, 0.1) is 4.77 Å². The summed E-state index contributed by atoms with van der Waals surface area (Å²) in [4.78, 5) is 13.9. The minimum absolute atomic E-state index is 0.222. The molecule has 0 aliphatic carbocycles. The van der Waals surface area contributed by atoms with Crippen LogP contribution in [0.5, 0.6) is 0 Å². The molecule has 0 radical (unpaired) electrons. The zero-order chi connectivity index (χ0) is 19.7. The number of aromatic amines is 1. The van der Waals surface area contributed by atoms with Gasteiger partial charge in [0.2, 0.25) is 0 Å². The van der Waals surface area contributed by atoms with Crippen molar-refractivity contribution in [3.63, 3.8) is 0 Å². The van der Waals surface area contributed by atoms with Crippen LogP contribution < -0.4 is 11.3 Å². The lowest BCUT2D eigenvalue weighted by atomic mass is 10.0. The standard InChI is InChI=1S/C22H41N3OS/c1-2-3-4-5-6-7-8-9-10-11-12-13-14-15-16-17-18-25-20(23)19-21(26)24-22(25)27/h19H,2-18,23H2,1H3,(H,24,26,27). The van der Waals surface area contributed by atoms with Gasteiger partial charge in [0, 0.05) is 12.6 Å². The second-order valence-electron chi connectivity index (χ2n) is 7.82. The minimum Gasteiger partial charge on any atom is -0.385 e. The highest BCUT2D eigenvalue weighted by Crippen LogP contribution is 2.14. The fourth-order valence-corrected chi connectivity index (χ4v) is 3.88. The lowest BCUT2D eigenvalue weighted by molar-refractivity contribution is 0.519. The molecule has 27 heavy (non-hydrogen) atoms. The molecule has 4 nitrogen and oxygen atoms in total. The summed E-state index contributed by atoms with van der Waals surface area (Å²) >= 11 is 5.16. The molecule has 0 bridgehead atoms. The number of nitrogens with two attached hydrogens (primary N) is 1. The highest BCUT2D eigenvalue weighted by atomic mass is 32.1. The van der Waals surface area contributed by atoms with Gasteiger partial charge in [-0.25, -0.2) is 0 Å². The molecule has 1 aromatic rings. The molecule has 0 aliphatic heterocycles. The van der Waals surface area contributed by atoms with Crippen LogP contribution in [-0.2, 0) is 6.54 Å². The minimum atomic E-state index is -0.222. The second-order valence-corrected chi connectivity index (χ2v) is 8.21. The summed E-state index contributed by atoms with van der Waals surface area (Å²) in [6.45, 7) is 3.07. The lowest BCUT2D eigenvalue weighted by Gasteiger charge is -2.09. The van der Waals surface area contributed by atoms with Gasteiger partial charge < -0.3 is 10.3 Å². The zero-order valence-corrected chi connectivity index (χ0v) is 18.3. The first-order chi connectivity index (χ1) is 13.1. The van der Waals surface area contributed by atoms with Crippen LogP contribution in [0.4, 0.5) is 5.82 Å². The largest absolute Gasteiger partial charge is 0.385 e. The van der Waals surface area contributed by atoms with E-state index in [1.165, 1.54) is 102 Å². The van der Waals surface area contributed by atoms with E-state index in [2.05, 4.69) is 11.9 Å². The van der Waals surface area contributed by atoms with Gasteiger partial charge in [-0.1, -0.05) is 103 Å². The number of nitrogens with zero attached hydrogens (tertiary/aromatic N) is 1. The molecule has 1 rings (SSSR count). The second kappa shape index (κ2) is 15.9. The summed E-state index contributed by atoms with van der Waals surface area (Å²) in [5.74, 6) is 0.463. The molecule has 0 spiro atoms. The Hall–Kier alpha value is -1.10. The Morgan fingerprint density at radius 2 is 1.22 bits per heavy atom. The molecule has 0 fully saturated rings. The topological polar surface area (TPSA) is 63.8 Å². The van der Waals surface area contributed by atoms with E-state index in [9.17, 15) is 4.79 Å². The van der Waals surface area contributed by atoms with Crippen molar-refractivity contribution in [3.8, 4) is 0 Å². The van der Waals surface area contributed by atoms with Gasteiger partial charge in [-0.2, -0.15) is 0 Å². The Balaban J connectivity index is 1.87. The Kier molecular flexibility index (Phi) is 14.1. The number of nitrogens with one attached hydrogen (secondary N) is 1. The van der Waals surface area contributed by atoms with Crippen LogP contribution in [0.3, 0.4) is 0 Å². The molecule has 1 heterocycles. The van der Waals surface area contributed by atoms with Gasteiger partial charge in [0.1, 0.15) is 5.82 Å². The SMILES string of the molecule is CCCCCCCCCCCCCCCCCCn1c(N)cc(=O)[nH]c1=S. The molecule has 0 saturated heterocycles. The Morgan fingerprint density at radius 3 is 1.63 bits per heavy atom. The molecular formula is C22H41N3OS. The molecule has 156 valence electrons. The number of hydrogen-bond donors (Lipinski definition) is 2. The Labute approximate surface area is 171 Å². The molecule has 0 atom stereocenters. The molecule has 1 aromatic heterocycles. The fourth-order valence-electron chi connectivity index (χ4n) is 3.59. The van der Waals surface area contributed by atoms with E-state index in [1.807, 2.05) is 4.57 Å². The van der Waals surface area contributed by atoms with Gasteiger partial charge in [0.15, 0.2) is 4.77 Å². The third kappa shape index (κ3) is 12.1. The predicted octanol–water partition coefficient (Wildman–Crippen LogP) is 6.75. The predicted molar refractivity (Wildman–Crippen MR) is 120 cm³/mol. The number of anilines is 1. The number of nitrogen functional groups attached to an aromatic ring is 1. The van der Waals surface area contributed by atoms with Crippen molar-refractivity contribution in [2.24, 2.45) is 0 Å². The van der Waals surface area contributed by atoms with Crippen LogP contribution in [0.15, 0.2) is 10.9 Å². The van der Waals surface area contributed by atoms with Crippen LogP contribution in [0.25, 0.3) is 0 Å². The quantitative estimate of drug-likeness (QED) is 0.226. The molecule has 0 saturated carbocycles. The summed E-state index contributed by atoms with van der Waals surface area (Å²) in [7, 11) is 0. The van der Waals surface area contributed by atoms with Crippen molar-refractivity contribution in [1.29, 1.82) is 0 Å². The first-order valence-electron chi connectivity index (χ1n) is 11.2. The van der Waals surface area contributed by atoms with E-state index < -0.39 is 0 Å². The first kappa shape index (κ1) is 23.9. The van der Waals surface area contributed by atoms with Crippen molar-refractivity contribution in [2.45, 2.75) is 116 Å². The van der Waals surface area contributed by atoms with Crippen molar-refractivity contribution < 1.29 is 0 Å². The number of rotatable bonds is 17. The number of unbranched alkanes of at least 4 members (excludes halogenated alkanes) is 15. The van der Waals surface area contributed by atoms with Crippen molar-refractivity contribution in [1.82, 2.24) is 9.55 Å². The van der Waals surface area contributed by atoms with Gasteiger partial charge >= 0.3 is 0 Å². The molecule has 0 aromatic carbocycles.